The van der Waals surface area contributed by atoms with Gasteiger partial charge in [-0.2, -0.15) is 5.26 Å². The van der Waals surface area contributed by atoms with Crippen LogP contribution in [0.1, 0.15) is 46.0 Å². The lowest BCUT2D eigenvalue weighted by Crippen LogP contribution is -2.45. The monoisotopic (exact) mass is 251 g/mol. The van der Waals surface area contributed by atoms with E-state index in [4.69, 9.17) is 5.26 Å². The summed E-state index contributed by atoms with van der Waals surface area (Å²) in [6.45, 7) is 6.09. The van der Waals surface area contributed by atoms with Crippen molar-refractivity contribution in [3.8, 4) is 6.07 Å². The van der Waals surface area contributed by atoms with Crippen molar-refractivity contribution in [3.05, 3.63) is 0 Å². The van der Waals surface area contributed by atoms with E-state index in [0.717, 1.165) is 38.6 Å². The SMILES string of the molecule is CC(C)N(C)CCCCNC(=O)C1(C#N)CCC1. The molecule has 0 radical (unpaired) electrons. The molecule has 1 fully saturated rings. The van der Waals surface area contributed by atoms with Crippen molar-refractivity contribution in [2.24, 2.45) is 5.41 Å². The van der Waals surface area contributed by atoms with Crippen LogP contribution in [0.4, 0.5) is 0 Å². The normalized spacial score (nSPS) is 17.3. The van der Waals surface area contributed by atoms with Gasteiger partial charge in [-0.15, -0.1) is 0 Å². The van der Waals surface area contributed by atoms with E-state index in [1.54, 1.807) is 0 Å². The Hall–Kier alpha value is -1.08. The van der Waals surface area contributed by atoms with Gasteiger partial charge in [0.1, 0.15) is 5.41 Å². The second kappa shape index (κ2) is 6.75. The molecule has 0 aromatic heterocycles. The summed E-state index contributed by atoms with van der Waals surface area (Å²) in [6, 6.07) is 2.73. The molecular formula is C14H25N3O. The maximum absolute atomic E-state index is 11.8. The van der Waals surface area contributed by atoms with Gasteiger partial charge in [-0.3, -0.25) is 4.79 Å². The third-order valence-electron chi connectivity index (χ3n) is 3.96. The molecule has 0 saturated heterocycles. The Balaban J connectivity index is 2.12. The molecule has 0 heterocycles. The highest BCUT2D eigenvalue weighted by molar-refractivity contribution is 5.86. The minimum atomic E-state index is -0.700. The Labute approximate surface area is 110 Å². The summed E-state index contributed by atoms with van der Waals surface area (Å²) in [7, 11) is 2.11. The van der Waals surface area contributed by atoms with Crippen molar-refractivity contribution in [2.75, 3.05) is 20.1 Å². The number of rotatable bonds is 7. The van der Waals surface area contributed by atoms with E-state index in [0.29, 0.717) is 12.6 Å². The van der Waals surface area contributed by atoms with Crippen molar-refractivity contribution in [1.29, 1.82) is 5.26 Å². The molecule has 0 aromatic rings. The van der Waals surface area contributed by atoms with Crippen LogP contribution in [0.15, 0.2) is 0 Å². The summed E-state index contributed by atoms with van der Waals surface area (Å²) < 4.78 is 0. The number of nitrogens with zero attached hydrogens (tertiary/aromatic N) is 2. The highest BCUT2D eigenvalue weighted by atomic mass is 16.2. The second-order valence-electron chi connectivity index (χ2n) is 5.58. The van der Waals surface area contributed by atoms with Gasteiger partial charge < -0.3 is 10.2 Å². The fraction of sp³-hybridized carbons (Fsp3) is 0.857. The van der Waals surface area contributed by atoms with Gasteiger partial charge in [-0.1, -0.05) is 0 Å². The van der Waals surface area contributed by atoms with Crippen LogP contribution < -0.4 is 5.32 Å². The summed E-state index contributed by atoms with van der Waals surface area (Å²) in [4.78, 5) is 14.1. The first kappa shape index (κ1) is 15.0. The van der Waals surface area contributed by atoms with Gasteiger partial charge in [-0.25, -0.2) is 0 Å². The van der Waals surface area contributed by atoms with Crippen LogP contribution in [0.25, 0.3) is 0 Å². The molecule has 0 bridgehead atoms. The summed E-state index contributed by atoms with van der Waals surface area (Å²) in [6.07, 6.45) is 4.51. The van der Waals surface area contributed by atoms with Gasteiger partial charge in [0.15, 0.2) is 0 Å². The van der Waals surface area contributed by atoms with Crippen molar-refractivity contribution in [2.45, 2.75) is 52.0 Å². The molecule has 0 spiro atoms. The first-order valence-corrected chi connectivity index (χ1v) is 6.91. The van der Waals surface area contributed by atoms with Crippen molar-refractivity contribution in [1.82, 2.24) is 10.2 Å². The number of carbonyl (C=O) groups is 1. The minimum absolute atomic E-state index is 0.0616. The highest BCUT2D eigenvalue weighted by Crippen LogP contribution is 2.40. The number of carbonyl (C=O) groups excluding carboxylic acids is 1. The largest absolute Gasteiger partial charge is 0.355 e. The van der Waals surface area contributed by atoms with Crippen molar-refractivity contribution < 1.29 is 4.79 Å². The number of nitrogens with one attached hydrogen (secondary N) is 1. The maximum Gasteiger partial charge on any atom is 0.240 e. The molecule has 1 amide bonds. The Morgan fingerprint density at radius 1 is 1.44 bits per heavy atom. The molecule has 4 heteroatoms. The third-order valence-corrected chi connectivity index (χ3v) is 3.96. The highest BCUT2D eigenvalue weighted by Gasteiger charge is 2.44. The molecule has 1 N–H and O–H groups in total. The van der Waals surface area contributed by atoms with Crippen LogP contribution in [0.5, 0.6) is 0 Å². The van der Waals surface area contributed by atoms with Crippen LogP contribution in [-0.2, 0) is 4.79 Å². The van der Waals surface area contributed by atoms with E-state index in [2.05, 4.69) is 37.2 Å². The molecule has 0 unspecified atom stereocenters. The fourth-order valence-corrected chi connectivity index (χ4v) is 2.04. The van der Waals surface area contributed by atoms with Gasteiger partial charge >= 0.3 is 0 Å². The summed E-state index contributed by atoms with van der Waals surface area (Å²) in [5, 5.41) is 11.9. The number of nitriles is 1. The first-order chi connectivity index (χ1) is 8.52. The van der Waals surface area contributed by atoms with Gasteiger partial charge in [0.25, 0.3) is 0 Å². The molecular weight excluding hydrogens is 226 g/mol. The van der Waals surface area contributed by atoms with Crippen molar-refractivity contribution >= 4 is 5.91 Å². The number of hydrogen-bond acceptors (Lipinski definition) is 3. The van der Waals surface area contributed by atoms with E-state index < -0.39 is 5.41 Å². The average Bonchev–Trinajstić information content (AvgIpc) is 2.27. The van der Waals surface area contributed by atoms with Gasteiger partial charge in [0.2, 0.25) is 5.91 Å². The predicted molar refractivity (Wildman–Crippen MR) is 71.9 cm³/mol. The molecule has 4 nitrogen and oxygen atoms in total. The Kier molecular flexibility index (Phi) is 5.61. The molecule has 1 saturated carbocycles. The van der Waals surface area contributed by atoms with Crippen LogP contribution in [0.2, 0.25) is 0 Å². The average molecular weight is 251 g/mol. The Morgan fingerprint density at radius 2 is 2.11 bits per heavy atom. The zero-order valence-corrected chi connectivity index (χ0v) is 11.8. The van der Waals surface area contributed by atoms with Crippen LogP contribution in [-0.4, -0.2) is 37.0 Å². The topological polar surface area (TPSA) is 56.1 Å². The van der Waals surface area contributed by atoms with E-state index in [1.165, 1.54) is 0 Å². The first-order valence-electron chi connectivity index (χ1n) is 6.91. The second-order valence-corrected chi connectivity index (χ2v) is 5.58. The summed E-state index contributed by atoms with van der Waals surface area (Å²) >= 11 is 0. The quantitative estimate of drug-likeness (QED) is 0.703. The molecule has 1 aliphatic carbocycles. The summed E-state index contributed by atoms with van der Waals surface area (Å²) in [5.74, 6) is -0.0616. The lowest BCUT2D eigenvalue weighted by molar-refractivity contribution is -0.131. The number of unbranched alkanes of at least 4 members (excludes halogenated alkanes) is 1. The van der Waals surface area contributed by atoms with E-state index in [9.17, 15) is 4.79 Å². The lowest BCUT2D eigenvalue weighted by Gasteiger charge is -2.33. The minimum Gasteiger partial charge on any atom is -0.355 e. The van der Waals surface area contributed by atoms with Crippen LogP contribution in [0.3, 0.4) is 0 Å². The molecule has 0 aromatic carbocycles. The zero-order valence-electron chi connectivity index (χ0n) is 11.8. The van der Waals surface area contributed by atoms with E-state index in [-0.39, 0.29) is 5.91 Å². The Morgan fingerprint density at radius 3 is 2.56 bits per heavy atom. The molecule has 0 atom stereocenters. The smallest absolute Gasteiger partial charge is 0.240 e. The lowest BCUT2D eigenvalue weighted by atomic mass is 9.69. The van der Waals surface area contributed by atoms with Gasteiger partial charge in [0, 0.05) is 12.6 Å². The standard InChI is InChI=1S/C14H25N3O/c1-12(2)17(3)10-5-4-9-16-13(18)14(11-15)7-6-8-14/h12H,4-10H2,1-3H3,(H,16,18). The number of hydrogen-bond donors (Lipinski definition) is 1. The van der Waals surface area contributed by atoms with Crippen LogP contribution >= 0.6 is 0 Å². The maximum atomic E-state index is 11.8. The molecule has 1 aliphatic rings. The van der Waals surface area contributed by atoms with Gasteiger partial charge in [0.05, 0.1) is 6.07 Å². The van der Waals surface area contributed by atoms with E-state index in [1.807, 2.05) is 0 Å². The Bertz CT molecular complexity index is 315. The van der Waals surface area contributed by atoms with Crippen molar-refractivity contribution in [3.63, 3.8) is 0 Å². The summed E-state index contributed by atoms with van der Waals surface area (Å²) in [5.41, 5.74) is -0.700. The third kappa shape index (κ3) is 3.71. The molecule has 18 heavy (non-hydrogen) atoms. The molecule has 102 valence electrons. The number of amides is 1. The molecule has 0 aliphatic heterocycles. The fourth-order valence-electron chi connectivity index (χ4n) is 2.04. The van der Waals surface area contributed by atoms with E-state index >= 15 is 0 Å². The zero-order chi connectivity index (χ0) is 13.6. The predicted octanol–water partition coefficient (Wildman–Crippen LogP) is 1.92. The van der Waals surface area contributed by atoms with Crippen LogP contribution in [0, 0.1) is 16.7 Å². The molecule has 1 rings (SSSR count). The van der Waals surface area contributed by atoms with Gasteiger partial charge in [-0.05, 0) is 59.5 Å².